The highest BCUT2D eigenvalue weighted by Gasteiger charge is 2.35. The molecule has 2 amide bonds. The Morgan fingerprint density at radius 2 is 2.00 bits per heavy atom. The molecule has 0 saturated heterocycles. The molecule has 0 bridgehead atoms. The summed E-state index contributed by atoms with van der Waals surface area (Å²) < 4.78 is 5.34. The van der Waals surface area contributed by atoms with Crippen LogP contribution >= 0.6 is 0 Å². The van der Waals surface area contributed by atoms with Crippen LogP contribution in [0, 0.1) is 11.3 Å². The summed E-state index contributed by atoms with van der Waals surface area (Å²) in [5.41, 5.74) is 4.68. The van der Waals surface area contributed by atoms with Gasteiger partial charge in [-0.2, -0.15) is 5.26 Å². The Hall–Kier alpha value is -2.55. The van der Waals surface area contributed by atoms with Crippen LogP contribution in [0.25, 0.3) is 0 Å². The van der Waals surface area contributed by atoms with Crippen molar-refractivity contribution in [3.63, 3.8) is 0 Å². The molecule has 0 radical (unpaired) electrons. The van der Waals surface area contributed by atoms with Crippen molar-refractivity contribution in [1.29, 1.82) is 5.26 Å². The second kappa shape index (κ2) is 6.27. The Kier molecular flexibility index (Phi) is 4.43. The molecule has 21 heavy (non-hydrogen) atoms. The zero-order valence-electron chi connectivity index (χ0n) is 11.6. The summed E-state index contributed by atoms with van der Waals surface area (Å²) in [5.74, 6) is -0.731. The largest absolute Gasteiger partial charge is 0.483 e. The van der Waals surface area contributed by atoms with Gasteiger partial charge in [-0.05, 0) is 37.8 Å². The van der Waals surface area contributed by atoms with Gasteiger partial charge in [0, 0.05) is 0 Å². The maximum atomic E-state index is 11.9. The van der Waals surface area contributed by atoms with Crippen molar-refractivity contribution in [2.24, 2.45) is 5.73 Å². The fraction of sp³-hybridized carbons (Fsp3) is 0.400. The second-order valence-electron chi connectivity index (χ2n) is 5.10. The van der Waals surface area contributed by atoms with Gasteiger partial charge in [-0.3, -0.25) is 9.59 Å². The molecule has 6 heteroatoms. The van der Waals surface area contributed by atoms with Gasteiger partial charge in [0.15, 0.2) is 6.61 Å². The van der Waals surface area contributed by atoms with E-state index in [-0.39, 0.29) is 23.8 Å². The predicted octanol–water partition coefficient (Wildman–Crippen LogP) is 1.12. The first-order valence-electron chi connectivity index (χ1n) is 6.80. The topological polar surface area (TPSA) is 105 Å². The molecule has 3 N–H and O–H groups in total. The number of nitrogens with zero attached hydrogens (tertiary/aromatic N) is 1. The van der Waals surface area contributed by atoms with E-state index in [1.807, 2.05) is 0 Å². The molecule has 0 unspecified atom stereocenters. The van der Waals surface area contributed by atoms with Crippen LogP contribution in [0.4, 0.5) is 0 Å². The van der Waals surface area contributed by atoms with Crippen LogP contribution in [0.5, 0.6) is 5.75 Å². The van der Waals surface area contributed by atoms with E-state index in [1.54, 1.807) is 18.2 Å². The van der Waals surface area contributed by atoms with Gasteiger partial charge in [-0.1, -0.05) is 12.1 Å². The second-order valence-corrected chi connectivity index (χ2v) is 5.10. The minimum absolute atomic E-state index is 0.223. The number of rotatable bonds is 5. The maximum absolute atomic E-state index is 11.9. The van der Waals surface area contributed by atoms with Crippen molar-refractivity contribution >= 4 is 11.8 Å². The van der Waals surface area contributed by atoms with Crippen molar-refractivity contribution in [3.8, 4) is 11.8 Å². The molecule has 6 nitrogen and oxygen atoms in total. The number of carbonyl (C=O) groups excluding carboxylic acids is 2. The number of amides is 2. The molecule has 1 aromatic carbocycles. The van der Waals surface area contributed by atoms with Gasteiger partial charge in [-0.15, -0.1) is 0 Å². The van der Waals surface area contributed by atoms with Gasteiger partial charge < -0.3 is 15.8 Å². The zero-order chi connectivity index (χ0) is 15.3. The number of hydrogen-bond acceptors (Lipinski definition) is 4. The normalized spacial score (nSPS) is 16.0. The van der Waals surface area contributed by atoms with Gasteiger partial charge >= 0.3 is 0 Å². The lowest BCUT2D eigenvalue weighted by Gasteiger charge is -2.22. The van der Waals surface area contributed by atoms with Gasteiger partial charge in [0.2, 0.25) is 0 Å². The molecular formula is C15H17N3O3. The maximum Gasteiger partial charge on any atom is 0.259 e. The summed E-state index contributed by atoms with van der Waals surface area (Å²) in [7, 11) is 0. The Balaban J connectivity index is 1.96. The van der Waals surface area contributed by atoms with E-state index in [2.05, 4.69) is 11.4 Å². The van der Waals surface area contributed by atoms with Crippen molar-refractivity contribution in [3.05, 3.63) is 29.8 Å². The average molecular weight is 287 g/mol. The molecule has 0 heterocycles. The molecule has 110 valence electrons. The highest BCUT2D eigenvalue weighted by atomic mass is 16.5. The highest BCUT2D eigenvalue weighted by Crippen LogP contribution is 2.28. The Labute approximate surface area is 122 Å². The minimum Gasteiger partial charge on any atom is -0.483 e. The highest BCUT2D eigenvalue weighted by molar-refractivity contribution is 5.95. The monoisotopic (exact) mass is 287 g/mol. The van der Waals surface area contributed by atoms with E-state index in [0.717, 1.165) is 12.8 Å². The standard InChI is InChI=1S/C15H17N3O3/c16-10-15(7-3-4-8-15)18-13(19)9-21-12-6-2-1-5-11(12)14(17)20/h1-2,5-6H,3-4,7-9H2,(H2,17,20)(H,18,19). The van der Waals surface area contributed by atoms with Crippen molar-refractivity contribution < 1.29 is 14.3 Å². The Morgan fingerprint density at radius 1 is 1.33 bits per heavy atom. The van der Waals surface area contributed by atoms with Crippen LogP contribution in [0.1, 0.15) is 36.0 Å². The van der Waals surface area contributed by atoms with Crippen LogP contribution in [-0.2, 0) is 4.79 Å². The van der Waals surface area contributed by atoms with E-state index in [1.165, 1.54) is 6.07 Å². The van der Waals surface area contributed by atoms with Crippen LogP contribution < -0.4 is 15.8 Å². The molecule has 0 aromatic heterocycles. The average Bonchev–Trinajstić information content (AvgIpc) is 2.94. The summed E-state index contributed by atoms with van der Waals surface area (Å²) in [6.07, 6.45) is 3.18. The third-order valence-corrected chi connectivity index (χ3v) is 3.56. The number of benzene rings is 1. The van der Waals surface area contributed by atoms with Gasteiger partial charge in [-0.25, -0.2) is 0 Å². The molecule has 2 rings (SSSR count). The predicted molar refractivity (Wildman–Crippen MR) is 75.4 cm³/mol. The van der Waals surface area contributed by atoms with Gasteiger partial charge in [0.25, 0.3) is 11.8 Å². The van der Waals surface area contributed by atoms with Crippen LogP contribution in [0.15, 0.2) is 24.3 Å². The first-order chi connectivity index (χ1) is 10.1. The molecule has 1 aromatic rings. The smallest absolute Gasteiger partial charge is 0.259 e. The van der Waals surface area contributed by atoms with Crippen LogP contribution in [0.2, 0.25) is 0 Å². The summed E-state index contributed by atoms with van der Waals surface area (Å²) in [5, 5.41) is 11.9. The SMILES string of the molecule is N#CC1(NC(=O)COc2ccccc2C(N)=O)CCCC1. The third-order valence-electron chi connectivity index (χ3n) is 3.56. The minimum atomic E-state index is -0.774. The fourth-order valence-electron chi connectivity index (χ4n) is 2.49. The number of ether oxygens (including phenoxy) is 1. The number of hydrogen-bond donors (Lipinski definition) is 2. The summed E-state index contributed by atoms with van der Waals surface area (Å²) in [6, 6.07) is 8.63. The Morgan fingerprint density at radius 3 is 2.62 bits per heavy atom. The van der Waals surface area contributed by atoms with Gasteiger partial charge in [0.1, 0.15) is 11.3 Å². The number of nitrogens with two attached hydrogens (primary N) is 1. The van der Waals surface area contributed by atoms with Gasteiger partial charge in [0.05, 0.1) is 11.6 Å². The molecule has 1 aliphatic carbocycles. The summed E-state index contributed by atoms with van der Waals surface area (Å²) in [6.45, 7) is -0.256. The molecular weight excluding hydrogens is 270 g/mol. The molecule has 1 saturated carbocycles. The molecule has 1 fully saturated rings. The first kappa shape index (κ1) is 14.9. The lowest BCUT2D eigenvalue weighted by molar-refractivity contribution is -0.124. The number of nitrogens with one attached hydrogen (secondary N) is 1. The molecule has 0 aliphatic heterocycles. The van der Waals surface area contributed by atoms with Crippen molar-refractivity contribution in [1.82, 2.24) is 5.32 Å². The van der Waals surface area contributed by atoms with Crippen molar-refractivity contribution in [2.75, 3.05) is 6.61 Å². The summed E-state index contributed by atoms with van der Waals surface area (Å²) in [4.78, 5) is 23.2. The lowest BCUT2D eigenvalue weighted by atomic mass is 10.00. The number of carbonyl (C=O) groups is 2. The van der Waals surface area contributed by atoms with E-state index in [0.29, 0.717) is 12.8 Å². The number of nitriles is 1. The Bertz CT molecular complexity index is 586. The van der Waals surface area contributed by atoms with E-state index >= 15 is 0 Å². The summed E-state index contributed by atoms with van der Waals surface area (Å²) >= 11 is 0. The fourth-order valence-corrected chi connectivity index (χ4v) is 2.49. The number of para-hydroxylation sites is 1. The lowest BCUT2D eigenvalue weighted by Crippen LogP contribution is -2.47. The number of primary amides is 1. The third kappa shape index (κ3) is 3.51. The van der Waals surface area contributed by atoms with E-state index in [9.17, 15) is 14.9 Å². The van der Waals surface area contributed by atoms with E-state index in [4.69, 9.17) is 10.5 Å². The molecule has 0 atom stereocenters. The van der Waals surface area contributed by atoms with Crippen LogP contribution in [0.3, 0.4) is 0 Å². The molecule has 1 aliphatic rings. The van der Waals surface area contributed by atoms with Crippen molar-refractivity contribution in [2.45, 2.75) is 31.2 Å². The quantitative estimate of drug-likeness (QED) is 0.846. The molecule has 0 spiro atoms. The van der Waals surface area contributed by atoms with Crippen LogP contribution in [-0.4, -0.2) is 24.0 Å². The first-order valence-corrected chi connectivity index (χ1v) is 6.80. The zero-order valence-corrected chi connectivity index (χ0v) is 11.6. The van der Waals surface area contributed by atoms with E-state index < -0.39 is 11.4 Å².